The quantitative estimate of drug-likeness (QED) is 0.811. The summed E-state index contributed by atoms with van der Waals surface area (Å²) in [7, 11) is 0. The van der Waals surface area contributed by atoms with Gasteiger partial charge < -0.3 is 10.3 Å². The van der Waals surface area contributed by atoms with Crippen LogP contribution < -0.4 is 5.32 Å². The van der Waals surface area contributed by atoms with Crippen molar-refractivity contribution in [2.75, 3.05) is 0 Å². The minimum atomic E-state index is -0.0308. The monoisotopic (exact) mass is 226 g/mol. The predicted molar refractivity (Wildman–Crippen MR) is 65.8 cm³/mol. The average Bonchev–Trinajstić information content (AvgIpc) is 2.98. The van der Waals surface area contributed by atoms with Gasteiger partial charge >= 0.3 is 0 Å². The Hall–Kier alpha value is -2.03. The van der Waals surface area contributed by atoms with Crippen molar-refractivity contribution < 1.29 is 4.79 Å². The number of aryl methyl sites for hydroxylation is 1. The van der Waals surface area contributed by atoms with Crippen LogP contribution in [0.3, 0.4) is 0 Å². The van der Waals surface area contributed by atoms with Crippen molar-refractivity contribution in [1.29, 1.82) is 0 Å². The molecule has 0 aliphatic heterocycles. The number of benzene rings is 1. The predicted octanol–water partition coefficient (Wildman–Crippen LogP) is 2.43. The van der Waals surface area contributed by atoms with Crippen molar-refractivity contribution in [3.63, 3.8) is 0 Å². The maximum Gasteiger partial charge on any atom is 0.268 e. The van der Waals surface area contributed by atoms with E-state index in [4.69, 9.17) is 0 Å². The second kappa shape index (κ2) is 4.09. The number of hydrogen-bond acceptors (Lipinski definition) is 1. The molecule has 2 aromatic rings. The largest absolute Gasteiger partial charge is 0.357 e. The highest BCUT2D eigenvalue weighted by molar-refractivity contribution is 5.92. The molecule has 3 rings (SSSR count). The Kier molecular flexibility index (Phi) is 2.44. The molecule has 1 aromatic heterocycles. The molecule has 0 spiro atoms. The van der Waals surface area contributed by atoms with Gasteiger partial charge in [-0.2, -0.15) is 0 Å². The molecule has 2 N–H and O–H groups in total. The third kappa shape index (κ3) is 1.84. The van der Waals surface area contributed by atoms with E-state index in [2.05, 4.69) is 22.4 Å². The number of nitrogens with one attached hydrogen (secondary N) is 2. The lowest BCUT2D eigenvalue weighted by Crippen LogP contribution is -2.27. The van der Waals surface area contributed by atoms with Gasteiger partial charge in [0, 0.05) is 6.20 Å². The molecule has 1 unspecified atom stereocenters. The van der Waals surface area contributed by atoms with Crippen molar-refractivity contribution in [3.05, 3.63) is 59.4 Å². The molecule has 1 aliphatic carbocycles. The second-order valence-corrected chi connectivity index (χ2v) is 4.35. The Morgan fingerprint density at radius 3 is 2.94 bits per heavy atom. The molecular formula is C14H14N2O. The summed E-state index contributed by atoms with van der Waals surface area (Å²) in [6.07, 6.45) is 3.80. The van der Waals surface area contributed by atoms with Crippen LogP contribution in [0.2, 0.25) is 0 Å². The minimum absolute atomic E-state index is 0.0308. The van der Waals surface area contributed by atoms with Gasteiger partial charge in [-0.25, -0.2) is 0 Å². The summed E-state index contributed by atoms with van der Waals surface area (Å²) >= 11 is 0. The molecule has 86 valence electrons. The fourth-order valence-corrected chi connectivity index (χ4v) is 2.41. The Morgan fingerprint density at radius 1 is 1.24 bits per heavy atom. The molecule has 1 aliphatic rings. The number of carbonyl (C=O) groups is 1. The SMILES string of the molecule is O=C(NC1CCc2ccccc21)c1ccc[nH]1. The Balaban J connectivity index is 1.78. The first kappa shape index (κ1) is 10.1. The van der Waals surface area contributed by atoms with Crippen LogP contribution in [-0.2, 0) is 6.42 Å². The van der Waals surface area contributed by atoms with E-state index in [0.29, 0.717) is 5.69 Å². The van der Waals surface area contributed by atoms with E-state index < -0.39 is 0 Å². The van der Waals surface area contributed by atoms with Crippen LogP contribution in [0.15, 0.2) is 42.6 Å². The normalized spacial score (nSPS) is 17.8. The van der Waals surface area contributed by atoms with Crippen LogP contribution in [0.25, 0.3) is 0 Å². The average molecular weight is 226 g/mol. The van der Waals surface area contributed by atoms with Crippen LogP contribution in [0.5, 0.6) is 0 Å². The smallest absolute Gasteiger partial charge is 0.268 e. The summed E-state index contributed by atoms with van der Waals surface area (Å²) in [5.41, 5.74) is 3.23. The Labute approximate surface area is 99.9 Å². The van der Waals surface area contributed by atoms with Crippen LogP contribution in [0.1, 0.15) is 34.1 Å². The van der Waals surface area contributed by atoms with Gasteiger partial charge in [-0.15, -0.1) is 0 Å². The molecule has 1 heterocycles. The van der Waals surface area contributed by atoms with Crippen LogP contribution in [0.4, 0.5) is 0 Å². The highest BCUT2D eigenvalue weighted by Crippen LogP contribution is 2.30. The fourth-order valence-electron chi connectivity index (χ4n) is 2.41. The number of aromatic nitrogens is 1. The van der Waals surface area contributed by atoms with Gasteiger partial charge in [0.2, 0.25) is 0 Å². The Bertz CT molecular complexity index is 531. The molecular weight excluding hydrogens is 212 g/mol. The van der Waals surface area contributed by atoms with Crippen molar-refractivity contribution in [1.82, 2.24) is 10.3 Å². The molecule has 3 heteroatoms. The molecule has 0 radical (unpaired) electrons. The molecule has 0 saturated heterocycles. The number of fused-ring (bicyclic) bond motifs is 1. The van der Waals surface area contributed by atoms with Gasteiger partial charge in [0.1, 0.15) is 5.69 Å². The van der Waals surface area contributed by atoms with Crippen LogP contribution in [0, 0.1) is 0 Å². The molecule has 3 nitrogen and oxygen atoms in total. The first-order valence-electron chi connectivity index (χ1n) is 5.86. The van der Waals surface area contributed by atoms with Crippen molar-refractivity contribution in [3.8, 4) is 0 Å². The van der Waals surface area contributed by atoms with Gasteiger partial charge in [0.25, 0.3) is 5.91 Å². The summed E-state index contributed by atoms with van der Waals surface area (Å²) in [6.45, 7) is 0. The highest BCUT2D eigenvalue weighted by Gasteiger charge is 2.23. The lowest BCUT2D eigenvalue weighted by molar-refractivity contribution is 0.0932. The lowest BCUT2D eigenvalue weighted by Gasteiger charge is -2.13. The number of amides is 1. The van der Waals surface area contributed by atoms with Crippen LogP contribution in [-0.4, -0.2) is 10.9 Å². The van der Waals surface area contributed by atoms with E-state index in [1.54, 1.807) is 12.3 Å². The van der Waals surface area contributed by atoms with Crippen molar-refractivity contribution >= 4 is 5.91 Å². The first-order valence-corrected chi connectivity index (χ1v) is 5.86. The minimum Gasteiger partial charge on any atom is -0.357 e. The second-order valence-electron chi connectivity index (χ2n) is 4.35. The molecule has 0 bridgehead atoms. The van der Waals surface area contributed by atoms with Crippen molar-refractivity contribution in [2.24, 2.45) is 0 Å². The highest BCUT2D eigenvalue weighted by atomic mass is 16.1. The summed E-state index contributed by atoms with van der Waals surface area (Å²) in [6, 6.07) is 12.1. The van der Waals surface area contributed by atoms with Gasteiger partial charge in [-0.3, -0.25) is 4.79 Å². The van der Waals surface area contributed by atoms with Gasteiger partial charge in [0.05, 0.1) is 6.04 Å². The van der Waals surface area contributed by atoms with E-state index in [0.717, 1.165) is 12.8 Å². The number of aromatic amines is 1. The Morgan fingerprint density at radius 2 is 2.12 bits per heavy atom. The number of carbonyl (C=O) groups excluding carboxylic acids is 1. The molecule has 1 atom stereocenters. The van der Waals surface area contributed by atoms with E-state index in [1.807, 2.05) is 18.2 Å². The van der Waals surface area contributed by atoms with E-state index >= 15 is 0 Å². The van der Waals surface area contributed by atoms with Gasteiger partial charge in [-0.05, 0) is 36.1 Å². The third-order valence-corrected chi connectivity index (χ3v) is 3.28. The fraction of sp³-hybridized carbons (Fsp3) is 0.214. The standard InChI is InChI=1S/C14H14N2O/c17-14(13-6-3-9-15-13)16-12-8-7-10-4-1-2-5-11(10)12/h1-6,9,12,15H,7-8H2,(H,16,17). The molecule has 17 heavy (non-hydrogen) atoms. The number of hydrogen-bond donors (Lipinski definition) is 2. The first-order chi connectivity index (χ1) is 8.34. The van der Waals surface area contributed by atoms with Gasteiger partial charge in [-0.1, -0.05) is 24.3 Å². The molecule has 0 saturated carbocycles. The zero-order valence-electron chi connectivity index (χ0n) is 9.44. The summed E-state index contributed by atoms with van der Waals surface area (Å²) in [5.74, 6) is -0.0308. The van der Waals surface area contributed by atoms with Gasteiger partial charge in [0.15, 0.2) is 0 Å². The van der Waals surface area contributed by atoms with E-state index in [9.17, 15) is 4.79 Å². The van der Waals surface area contributed by atoms with E-state index in [1.165, 1.54) is 11.1 Å². The molecule has 1 amide bonds. The molecule has 0 fully saturated rings. The van der Waals surface area contributed by atoms with Crippen LogP contribution >= 0.6 is 0 Å². The summed E-state index contributed by atoms with van der Waals surface area (Å²) < 4.78 is 0. The zero-order chi connectivity index (χ0) is 11.7. The maximum atomic E-state index is 11.9. The van der Waals surface area contributed by atoms with Crippen molar-refractivity contribution in [2.45, 2.75) is 18.9 Å². The molecule has 1 aromatic carbocycles. The summed E-state index contributed by atoms with van der Waals surface area (Å²) in [4.78, 5) is 14.9. The number of H-pyrrole nitrogens is 1. The third-order valence-electron chi connectivity index (χ3n) is 3.28. The van der Waals surface area contributed by atoms with E-state index in [-0.39, 0.29) is 11.9 Å². The maximum absolute atomic E-state index is 11.9. The topological polar surface area (TPSA) is 44.9 Å². The number of rotatable bonds is 2. The summed E-state index contributed by atoms with van der Waals surface area (Å²) in [5, 5.41) is 3.07. The zero-order valence-corrected chi connectivity index (χ0v) is 9.44. The lowest BCUT2D eigenvalue weighted by atomic mass is 10.1.